The van der Waals surface area contributed by atoms with Gasteiger partial charge in [0.2, 0.25) is 0 Å². The Balaban J connectivity index is 1.94. The van der Waals surface area contributed by atoms with E-state index in [-0.39, 0.29) is 6.04 Å². The maximum atomic E-state index is 6.05. The molecule has 1 aliphatic heterocycles. The van der Waals surface area contributed by atoms with Crippen molar-refractivity contribution in [2.45, 2.75) is 38.3 Å². The van der Waals surface area contributed by atoms with Crippen LogP contribution in [0, 0.1) is 0 Å². The van der Waals surface area contributed by atoms with Crippen LogP contribution in [0.4, 0.5) is 0 Å². The van der Waals surface area contributed by atoms with Gasteiger partial charge in [0.15, 0.2) is 0 Å². The van der Waals surface area contributed by atoms with E-state index in [4.69, 9.17) is 21.1 Å². The standard InChI is InChI=1S/C15H22ClNO2/c1-11(17-2)14-10-12(16)5-6-15(14)19-9-7-13-4-3-8-18-13/h5-6,10-11,13,17H,3-4,7-9H2,1-2H3. The second-order valence-corrected chi connectivity index (χ2v) is 5.40. The fourth-order valence-electron chi connectivity index (χ4n) is 2.32. The maximum absolute atomic E-state index is 6.05. The molecule has 1 aliphatic rings. The molecule has 19 heavy (non-hydrogen) atoms. The smallest absolute Gasteiger partial charge is 0.124 e. The highest BCUT2D eigenvalue weighted by Crippen LogP contribution is 2.28. The molecule has 0 aromatic heterocycles. The van der Waals surface area contributed by atoms with E-state index in [1.54, 1.807) is 0 Å². The highest BCUT2D eigenvalue weighted by Gasteiger charge is 2.16. The first-order valence-corrected chi connectivity index (χ1v) is 7.29. The molecule has 1 N–H and O–H groups in total. The van der Waals surface area contributed by atoms with Gasteiger partial charge in [-0.05, 0) is 45.0 Å². The van der Waals surface area contributed by atoms with Gasteiger partial charge in [0.25, 0.3) is 0 Å². The minimum absolute atomic E-state index is 0.219. The summed E-state index contributed by atoms with van der Waals surface area (Å²) in [5, 5.41) is 3.96. The zero-order valence-corrected chi connectivity index (χ0v) is 12.4. The van der Waals surface area contributed by atoms with E-state index in [0.29, 0.717) is 12.7 Å². The third-order valence-corrected chi connectivity index (χ3v) is 3.83. The molecule has 4 heteroatoms. The summed E-state index contributed by atoms with van der Waals surface area (Å²) in [5.74, 6) is 0.907. The Bertz CT molecular complexity index is 405. The third kappa shape index (κ3) is 4.10. The van der Waals surface area contributed by atoms with E-state index < -0.39 is 0 Å². The van der Waals surface area contributed by atoms with Crippen LogP contribution >= 0.6 is 11.6 Å². The molecule has 3 nitrogen and oxygen atoms in total. The van der Waals surface area contributed by atoms with Crippen molar-refractivity contribution in [1.29, 1.82) is 0 Å². The van der Waals surface area contributed by atoms with Gasteiger partial charge in [-0.15, -0.1) is 0 Å². The van der Waals surface area contributed by atoms with Crippen molar-refractivity contribution in [2.24, 2.45) is 0 Å². The molecule has 2 rings (SSSR count). The van der Waals surface area contributed by atoms with Gasteiger partial charge in [-0.3, -0.25) is 0 Å². The van der Waals surface area contributed by atoms with E-state index >= 15 is 0 Å². The second-order valence-electron chi connectivity index (χ2n) is 4.96. The van der Waals surface area contributed by atoms with Crippen molar-refractivity contribution in [3.05, 3.63) is 28.8 Å². The Morgan fingerprint density at radius 3 is 3.05 bits per heavy atom. The maximum Gasteiger partial charge on any atom is 0.124 e. The summed E-state index contributed by atoms with van der Waals surface area (Å²) in [6.45, 7) is 3.68. The van der Waals surface area contributed by atoms with Gasteiger partial charge in [0.05, 0.1) is 12.7 Å². The summed E-state index contributed by atoms with van der Waals surface area (Å²) in [4.78, 5) is 0. The Morgan fingerprint density at radius 2 is 2.37 bits per heavy atom. The number of hydrogen-bond donors (Lipinski definition) is 1. The molecule has 0 aliphatic carbocycles. The number of halogens is 1. The highest BCUT2D eigenvalue weighted by molar-refractivity contribution is 6.30. The largest absolute Gasteiger partial charge is 0.493 e. The minimum atomic E-state index is 0.219. The van der Waals surface area contributed by atoms with E-state index in [0.717, 1.165) is 35.8 Å². The molecule has 0 spiro atoms. The van der Waals surface area contributed by atoms with Crippen molar-refractivity contribution in [1.82, 2.24) is 5.32 Å². The van der Waals surface area contributed by atoms with Crippen molar-refractivity contribution in [3.63, 3.8) is 0 Å². The first-order valence-electron chi connectivity index (χ1n) is 6.92. The van der Waals surface area contributed by atoms with Gasteiger partial charge in [-0.1, -0.05) is 11.6 Å². The number of ether oxygens (including phenoxy) is 2. The van der Waals surface area contributed by atoms with Crippen molar-refractivity contribution in [2.75, 3.05) is 20.3 Å². The van der Waals surface area contributed by atoms with E-state index in [1.165, 1.54) is 6.42 Å². The van der Waals surface area contributed by atoms with Crippen molar-refractivity contribution in [3.8, 4) is 5.75 Å². The molecule has 0 bridgehead atoms. The van der Waals surface area contributed by atoms with Crippen molar-refractivity contribution >= 4 is 11.6 Å². The van der Waals surface area contributed by atoms with Gasteiger partial charge in [-0.25, -0.2) is 0 Å². The van der Waals surface area contributed by atoms with Crippen LogP contribution in [-0.2, 0) is 4.74 Å². The number of benzene rings is 1. The Morgan fingerprint density at radius 1 is 1.53 bits per heavy atom. The third-order valence-electron chi connectivity index (χ3n) is 3.59. The summed E-state index contributed by atoms with van der Waals surface area (Å²) in [6.07, 6.45) is 3.66. The van der Waals surface area contributed by atoms with Crippen LogP contribution < -0.4 is 10.1 Å². The fourth-order valence-corrected chi connectivity index (χ4v) is 2.50. The van der Waals surface area contributed by atoms with Crippen LogP contribution in [0.1, 0.15) is 37.8 Å². The molecule has 0 saturated carbocycles. The molecule has 0 radical (unpaired) electrons. The molecule has 106 valence electrons. The molecule has 1 heterocycles. The van der Waals surface area contributed by atoms with Gasteiger partial charge >= 0.3 is 0 Å². The van der Waals surface area contributed by atoms with Crippen molar-refractivity contribution < 1.29 is 9.47 Å². The van der Waals surface area contributed by atoms with Gasteiger partial charge in [0.1, 0.15) is 5.75 Å². The number of nitrogens with one attached hydrogen (secondary N) is 1. The van der Waals surface area contributed by atoms with E-state index in [1.807, 2.05) is 25.2 Å². The lowest BCUT2D eigenvalue weighted by atomic mass is 10.1. The summed E-state index contributed by atoms with van der Waals surface area (Å²) >= 11 is 6.05. The van der Waals surface area contributed by atoms with Crippen LogP contribution in [-0.4, -0.2) is 26.4 Å². The highest BCUT2D eigenvalue weighted by atomic mass is 35.5. The quantitative estimate of drug-likeness (QED) is 0.866. The second kappa shape index (κ2) is 7.13. The van der Waals surface area contributed by atoms with Gasteiger partial charge in [-0.2, -0.15) is 0 Å². The molecule has 1 saturated heterocycles. The molecular formula is C15H22ClNO2. The average molecular weight is 284 g/mol. The summed E-state index contributed by atoms with van der Waals surface area (Å²) in [6, 6.07) is 6.00. The lowest BCUT2D eigenvalue weighted by Gasteiger charge is -2.17. The van der Waals surface area contributed by atoms with Gasteiger partial charge in [0, 0.05) is 29.7 Å². The Kier molecular flexibility index (Phi) is 5.49. The lowest BCUT2D eigenvalue weighted by molar-refractivity contribution is 0.0901. The lowest BCUT2D eigenvalue weighted by Crippen LogP contribution is -2.15. The zero-order valence-electron chi connectivity index (χ0n) is 11.6. The van der Waals surface area contributed by atoms with E-state index in [9.17, 15) is 0 Å². The normalized spacial score (nSPS) is 20.5. The summed E-state index contributed by atoms with van der Waals surface area (Å²) in [5.41, 5.74) is 1.10. The van der Waals surface area contributed by atoms with Crippen LogP contribution in [0.5, 0.6) is 5.75 Å². The number of rotatable bonds is 6. The molecule has 2 unspecified atom stereocenters. The number of hydrogen-bond acceptors (Lipinski definition) is 3. The molecule has 1 aromatic rings. The molecule has 1 fully saturated rings. The molecule has 2 atom stereocenters. The molecular weight excluding hydrogens is 262 g/mol. The predicted molar refractivity (Wildman–Crippen MR) is 78.0 cm³/mol. The first-order chi connectivity index (χ1) is 9.20. The van der Waals surface area contributed by atoms with Crippen LogP contribution in [0.3, 0.4) is 0 Å². The SMILES string of the molecule is CNC(C)c1cc(Cl)ccc1OCCC1CCCO1. The van der Waals surface area contributed by atoms with Crippen LogP contribution in [0.25, 0.3) is 0 Å². The monoisotopic (exact) mass is 283 g/mol. The van der Waals surface area contributed by atoms with Crippen LogP contribution in [0.15, 0.2) is 18.2 Å². The van der Waals surface area contributed by atoms with Gasteiger partial charge < -0.3 is 14.8 Å². The fraction of sp³-hybridized carbons (Fsp3) is 0.600. The Hall–Kier alpha value is -0.770. The topological polar surface area (TPSA) is 30.5 Å². The summed E-state index contributed by atoms with van der Waals surface area (Å²) in [7, 11) is 1.93. The predicted octanol–water partition coefficient (Wildman–Crippen LogP) is 3.57. The Labute approximate surface area is 120 Å². The van der Waals surface area contributed by atoms with E-state index in [2.05, 4.69) is 12.2 Å². The average Bonchev–Trinajstić information content (AvgIpc) is 2.92. The minimum Gasteiger partial charge on any atom is -0.493 e. The summed E-state index contributed by atoms with van der Waals surface area (Å²) < 4.78 is 11.5. The first kappa shape index (κ1) is 14.6. The molecule has 1 aromatic carbocycles. The molecule has 0 amide bonds. The zero-order chi connectivity index (χ0) is 13.7. The van der Waals surface area contributed by atoms with Crippen LogP contribution in [0.2, 0.25) is 5.02 Å².